The first kappa shape index (κ1) is 15.8. The van der Waals surface area contributed by atoms with E-state index in [2.05, 4.69) is 5.32 Å². The minimum atomic E-state index is -1.22. The van der Waals surface area contributed by atoms with Gasteiger partial charge in [-0.15, -0.1) is 0 Å². The molecule has 5 N–H and O–H groups in total. The largest absolute Gasteiger partial charge is 0.481 e. The van der Waals surface area contributed by atoms with Crippen molar-refractivity contribution in [3.8, 4) is 0 Å². The molecule has 0 aromatic rings. The number of aliphatic hydroxyl groups excluding tert-OH is 2. The predicted octanol–water partition coefficient (Wildman–Crippen LogP) is -1.12. The van der Waals surface area contributed by atoms with Crippen LogP contribution in [0.5, 0.6) is 0 Å². The summed E-state index contributed by atoms with van der Waals surface area (Å²) in [5.41, 5.74) is -0.966. The smallest absolute Gasteiger partial charge is 0.308 e. The van der Waals surface area contributed by atoms with Crippen LogP contribution in [-0.4, -0.2) is 57.7 Å². The lowest BCUT2D eigenvalue weighted by molar-refractivity contribution is -0.148. The highest BCUT2D eigenvalue weighted by molar-refractivity contribution is 5.77. The first-order chi connectivity index (χ1) is 7.90. The van der Waals surface area contributed by atoms with E-state index in [-0.39, 0.29) is 19.8 Å². The van der Waals surface area contributed by atoms with Gasteiger partial charge in [0.15, 0.2) is 0 Å². The van der Waals surface area contributed by atoms with Gasteiger partial charge in [0.05, 0.1) is 31.1 Å². The summed E-state index contributed by atoms with van der Waals surface area (Å²) in [6, 6.07) is 0. The normalized spacial score (nSPS) is 13.4. The Morgan fingerprint density at radius 3 is 2.06 bits per heavy atom. The Labute approximate surface area is 99.1 Å². The zero-order valence-corrected chi connectivity index (χ0v) is 9.72. The van der Waals surface area contributed by atoms with Crippen molar-refractivity contribution >= 4 is 11.9 Å². The molecule has 0 aliphatic heterocycles. The van der Waals surface area contributed by atoms with E-state index in [0.29, 0.717) is 6.42 Å². The third-order valence-electron chi connectivity index (χ3n) is 2.78. The van der Waals surface area contributed by atoms with Gasteiger partial charge in [-0.2, -0.15) is 0 Å². The van der Waals surface area contributed by atoms with E-state index >= 15 is 0 Å². The third kappa shape index (κ3) is 5.12. The lowest BCUT2D eigenvalue weighted by Gasteiger charge is -2.31. The van der Waals surface area contributed by atoms with E-state index in [4.69, 9.17) is 20.4 Å². The van der Waals surface area contributed by atoms with E-state index in [0.717, 1.165) is 0 Å². The van der Waals surface area contributed by atoms with Crippen molar-refractivity contribution in [1.29, 1.82) is 0 Å². The van der Waals surface area contributed by atoms with Gasteiger partial charge in [-0.05, 0) is 6.42 Å². The minimum Gasteiger partial charge on any atom is -0.481 e. The van der Waals surface area contributed by atoms with Crippen LogP contribution in [0.15, 0.2) is 0 Å². The number of aliphatic hydroxyl groups is 2. The van der Waals surface area contributed by atoms with Crippen molar-refractivity contribution in [2.75, 3.05) is 19.8 Å². The standard InChI is InChI=1S/C10H19NO6/c1-2-10(5-12,6-13)11-4-7(9(16)17)3-8(14)15/h7,11-13H,2-6H2,1H3,(H,14,15)(H,16,17). The van der Waals surface area contributed by atoms with Crippen molar-refractivity contribution in [1.82, 2.24) is 5.32 Å². The highest BCUT2D eigenvalue weighted by Gasteiger charge is 2.29. The second-order valence-electron chi connectivity index (χ2n) is 3.96. The molecule has 0 radical (unpaired) electrons. The SMILES string of the molecule is CCC(CO)(CO)NCC(CC(=O)O)C(=O)O. The van der Waals surface area contributed by atoms with Gasteiger partial charge >= 0.3 is 11.9 Å². The zero-order valence-electron chi connectivity index (χ0n) is 9.72. The third-order valence-corrected chi connectivity index (χ3v) is 2.78. The average molecular weight is 249 g/mol. The molecule has 0 heterocycles. The minimum absolute atomic E-state index is 0.114. The Morgan fingerprint density at radius 2 is 1.76 bits per heavy atom. The van der Waals surface area contributed by atoms with Gasteiger partial charge in [-0.25, -0.2) is 0 Å². The second kappa shape index (κ2) is 7.21. The van der Waals surface area contributed by atoms with Crippen LogP contribution in [0.2, 0.25) is 0 Å². The number of carboxylic acids is 2. The van der Waals surface area contributed by atoms with Crippen molar-refractivity contribution in [3.05, 3.63) is 0 Å². The molecule has 0 aromatic carbocycles. The Balaban J connectivity index is 4.46. The van der Waals surface area contributed by atoms with E-state index in [9.17, 15) is 9.59 Å². The van der Waals surface area contributed by atoms with E-state index in [1.165, 1.54) is 0 Å². The maximum atomic E-state index is 10.8. The van der Waals surface area contributed by atoms with Crippen LogP contribution in [-0.2, 0) is 9.59 Å². The Hall–Kier alpha value is -1.18. The highest BCUT2D eigenvalue weighted by atomic mass is 16.4. The molecule has 0 rings (SSSR count). The fourth-order valence-electron chi connectivity index (χ4n) is 1.31. The molecule has 0 amide bonds. The van der Waals surface area contributed by atoms with Crippen LogP contribution in [0, 0.1) is 5.92 Å². The van der Waals surface area contributed by atoms with Gasteiger partial charge in [0.1, 0.15) is 0 Å². The van der Waals surface area contributed by atoms with E-state index < -0.39 is 29.8 Å². The molecule has 0 saturated heterocycles. The van der Waals surface area contributed by atoms with Gasteiger partial charge in [0.2, 0.25) is 0 Å². The molecule has 0 spiro atoms. The number of nitrogens with one attached hydrogen (secondary N) is 1. The Kier molecular flexibility index (Phi) is 6.71. The van der Waals surface area contributed by atoms with Crippen molar-refractivity contribution < 1.29 is 30.0 Å². The number of rotatable bonds is 9. The zero-order chi connectivity index (χ0) is 13.5. The van der Waals surface area contributed by atoms with Crippen molar-refractivity contribution in [2.24, 2.45) is 5.92 Å². The number of aliphatic carboxylic acids is 2. The number of carboxylic acid groups (broad SMARTS) is 2. The summed E-state index contributed by atoms with van der Waals surface area (Å²) in [4.78, 5) is 21.2. The lowest BCUT2D eigenvalue weighted by Crippen LogP contribution is -2.53. The first-order valence-corrected chi connectivity index (χ1v) is 5.32. The van der Waals surface area contributed by atoms with Crippen LogP contribution in [0.4, 0.5) is 0 Å². The molecule has 1 atom stereocenters. The van der Waals surface area contributed by atoms with Gasteiger partial charge in [0.25, 0.3) is 0 Å². The summed E-state index contributed by atoms with van der Waals surface area (Å²) in [5.74, 6) is -3.51. The van der Waals surface area contributed by atoms with E-state index in [1.54, 1.807) is 6.92 Å². The second-order valence-corrected chi connectivity index (χ2v) is 3.96. The van der Waals surface area contributed by atoms with Crippen LogP contribution >= 0.6 is 0 Å². The summed E-state index contributed by atoms with van der Waals surface area (Å²) in [6.45, 7) is 0.918. The molecule has 0 aliphatic carbocycles. The van der Waals surface area contributed by atoms with E-state index in [1.807, 2.05) is 0 Å². The molecule has 0 aromatic heterocycles. The molecule has 0 aliphatic rings. The molecule has 1 unspecified atom stereocenters. The van der Waals surface area contributed by atoms with Crippen molar-refractivity contribution in [2.45, 2.75) is 25.3 Å². The Bertz CT molecular complexity index is 255. The molecule has 0 bridgehead atoms. The summed E-state index contributed by atoms with van der Waals surface area (Å²) < 4.78 is 0. The van der Waals surface area contributed by atoms with Crippen LogP contribution in [0.1, 0.15) is 19.8 Å². The van der Waals surface area contributed by atoms with Crippen molar-refractivity contribution in [3.63, 3.8) is 0 Å². The highest BCUT2D eigenvalue weighted by Crippen LogP contribution is 2.11. The first-order valence-electron chi connectivity index (χ1n) is 5.32. The van der Waals surface area contributed by atoms with Gasteiger partial charge in [-0.1, -0.05) is 6.92 Å². The monoisotopic (exact) mass is 249 g/mol. The maximum Gasteiger partial charge on any atom is 0.308 e. The molecule has 0 fully saturated rings. The van der Waals surface area contributed by atoms with Crippen LogP contribution < -0.4 is 5.32 Å². The molecular weight excluding hydrogens is 230 g/mol. The number of hydrogen-bond donors (Lipinski definition) is 5. The molecule has 7 heteroatoms. The van der Waals surface area contributed by atoms with Gasteiger partial charge in [0, 0.05) is 6.54 Å². The number of hydrogen-bond acceptors (Lipinski definition) is 5. The maximum absolute atomic E-state index is 10.8. The summed E-state index contributed by atoms with van der Waals surface area (Å²) in [6.07, 6.45) is -0.0988. The van der Waals surface area contributed by atoms with Crippen LogP contribution in [0.25, 0.3) is 0 Å². The lowest BCUT2D eigenvalue weighted by atomic mass is 9.96. The van der Waals surface area contributed by atoms with Gasteiger partial charge < -0.3 is 25.7 Å². The quantitative estimate of drug-likeness (QED) is 0.350. The fourth-order valence-corrected chi connectivity index (χ4v) is 1.31. The van der Waals surface area contributed by atoms with Gasteiger partial charge in [-0.3, -0.25) is 9.59 Å². The predicted molar refractivity (Wildman–Crippen MR) is 58.6 cm³/mol. The topological polar surface area (TPSA) is 127 Å². The molecule has 100 valence electrons. The Morgan fingerprint density at radius 1 is 1.24 bits per heavy atom. The molecule has 17 heavy (non-hydrogen) atoms. The average Bonchev–Trinajstić information content (AvgIpc) is 2.29. The summed E-state index contributed by atoms with van der Waals surface area (Å²) in [7, 11) is 0. The molecule has 0 saturated carbocycles. The fraction of sp³-hybridized carbons (Fsp3) is 0.800. The summed E-state index contributed by atoms with van der Waals surface area (Å²) in [5, 5.41) is 38.3. The summed E-state index contributed by atoms with van der Waals surface area (Å²) >= 11 is 0. The number of carbonyl (C=O) groups is 2. The molecule has 7 nitrogen and oxygen atoms in total. The molecular formula is C10H19NO6. The van der Waals surface area contributed by atoms with Crippen LogP contribution in [0.3, 0.4) is 0 Å².